The van der Waals surface area contributed by atoms with Crippen LogP contribution in [-0.2, 0) is 4.79 Å². The Morgan fingerprint density at radius 3 is 2.40 bits per heavy atom. The van der Waals surface area contributed by atoms with Gasteiger partial charge >= 0.3 is 0 Å². The zero-order chi connectivity index (χ0) is 11.1. The van der Waals surface area contributed by atoms with Gasteiger partial charge in [-0.1, -0.05) is 0 Å². The molecular weight excluding hydrogens is 240 g/mol. The van der Waals surface area contributed by atoms with Crippen molar-refractivity contribution in [3.8, 4) is 0 Å². The van der Waals surface area contributed by atoms with E-state index in [1.807, 2.05) is 0 Å². The number of alkyl halides is 2. The third kappa shape index (κ3) is 2.41. The van der Waals surface area contributed by atoms with Crippen molar-refractivity contribution in [2.24, 2.45) is 5.92 Å². The third-order valence-electron chi connectivity index (χ3n) is 2.25. The van der Waals surface area contributed by atoms with Crippen LogP contribution in [0.15, 0.2) is 24.3 Å². The molecule has 1 aromatic carbocycles. The molecule has 15 heavy (non-hydrogen) atoms. The Kier molecular flexibility index (Phi) is 2.61. The number of carbonyl (C=O) groups excluding carboxylic acids is 1. The molecule has 1 saturated carbocycles. The van der Waals surface area contributed by atoms with E-state index in [-0.39, 0.29) is 17.6 Å². The third-order valence-corrected chi connectivity index (χ3v) is 3.09. The molecule has 0 saturated heterocycles. The molecule has 0 unspecified atom stereocenters. The highest BCUT2D eigenvalue weighted by Gasteiger charge is 2.56. The summed E-state index contributed by atoms with van der Waals surface area (Å²) >= 11 is 11.5. The van der Waals surface area contributed by atoms with Crippen molar-refractivity contribution < 1.29 is 9.18 Å². The molecule has 2 rings (SSSR count). The van der Waals surface area contributed by atoms with Crippen molar-refractivity contribution in [3.63, 3.8) is 0 Å². The fourth-order valence-electron chi connectivity index (χ4n) is 1.26. The van der Waals surface area contributed by atoms with Crippen LogP contribution in [0.4, 0.5) is 10.1 Å². The van der Waals surface area contributed by atoms with Crippen molar-refractivity contribution >= 4 is 34.8 Å². The topological polar surface area (TPSA) is 29.1 Å². The highest BCUT2D eigenvalue weighted by atomic mass is 35.5. The van der Waals surface area contributed by atoms with Gasteiger partial charge in [0.1, 0.15) is 10.2 Å². The molecule has 0 aliphatic heterocycles. The van der Waals surface area contributed by atoms with E-state index in [4.69, 9.17) is 23.2 Å². The lowest BCUT2D eigenvalue weighted by Crippen LogP contribution is -2.16. The Bertz CT molecular complexity index is 391. The van der Waals surface area contributed by atoms with Crippen molar-refractivity contribution in [2.45, 2.75) is 10.8 Å². The van der Waals surface area contributed by atoms with Gasteiger partial charge in [-0.25, -0.2) is 4.39 Å². The first-order valence-electron chi connectivity index (χ1n) is 4.43. The zero-order valence-electron chi connectivity index (χ0n) is 7.64. The molecule has 1 N–H and O–H groups in total. The molecule has 5 heteroatoms. The quantitative estimate of drug-likeness (QED) is 0.801. The van der Waals surface area contributed by atoms with Gasteiger partial charge in [0.05, 0.1) is 5.92 Å². The van der Waals surface area contributed by atoms with Gasteiger partial charge in [0, 0.05) is 5.69 Å². The summed E-state index contributed by atoms with van der Waals surface area (Å²) in [5.41, 5.74) is 0.539. The fourth-order valence-corrected chi connectivity index (χ4v) is 1.77. The molecular formula is C10H8Cl2FNO. The van der Waals surface area contributed by atoms with Crippen molar-refractivity contribution in [1.29, 1.82) is 0 Å². The molecule has 0 radical (unpaired) electrons. The van der Waals surface area contributed by atoms with Crippen LogP contribution in [0.5, 0.6) is 0 Å². The zero-order valence-corrected chi connectivity index (χ0v) is 9.15. The van der Waals surface area contributed by atoms with E-state index < -0.39 is 4.33 Å². The maximum Gasteiger partial charge on any atom is 0.230 e. The summed E-state index contributed by atoms with van der Waals surface area (Å²) in [6.07, 6.45) is 0.461. The predicted octanol–water partition coefficient (Wildman–Crippen LogP) is 2.96. The van der Waals surface area contributed by atoms with E-state index in [9.17, 15) is 9.18 Å². The largest absolute Gasteiger partial charge is 0.326 e. The summed E-state index contributed by atoms with van der Waals surface area (Å²) in [6, 6.07) is 5.52. The number of rotatable bonds is 2. The monoisotopic (exact) mass is 247 g/mol. The van der Waals surface area contributed by atoms with E-state index in [0.29, 0.717) is 12.1 Å². The average Bonchev–Trinajstić information content (AvgIpc) is 2.79. The molecule has 0 aromatic heterocycles. The van der Waals surface area contributed by atoms with Crippen LogP contribution in [0, 0.1) is 11.7 Å². The first-order chi connectivity index (χ1) is 6.99. The molecule has 0 heterocycles. The Morgan fingerprint density at radius 2 is 1.93 bits per heavy atom. The number of anilines is 1. The maximum atomic E-state index is 12.6. The molecule has 0 spiro atoms. The van der Waals surface area contributed by atoms with Crippen molar-refractivity contribution in [2.75, 3.05) is 5.32 Å². The fraction of sp³-hybridized carbons (Fsp3) is 0.300. The van der Waals surface area contributed by atoms with Crippen LogP contribution in [0.1, 0.15) is 6.42 Å². The minimum absolute atomic E-state index is 0.230. The molecule has 1 aliphatic carbocycles. The second-order valence-corrected chi connectivity index (χ2v) is 5.06. The van der Waals surface area contributed by atoms with E-state index in [0.717, 1.165) is 0 Å². The highest BCUT2D eigenvalue weighted by molar-refractivity contribution is 6.52. The minimum atomic E-state index is -0.926. The SMILES string of the molecule is O=C(Nc1ccc(F)cc1)[C@@H]1CC1(Cl)Cl. The van der Waals surface area contributed by atoms with Gasteiger partial charge in [-0.15, -0.1) is 23.2 Å². The van der Waals surface area contributed by atoms with Gasteiger partial charge in [0.2, 0.25) is 5.91 Å². The van der Waals surface area contributed by atoms with Crippen LogP contribution in [-0.4, -0.2) is 10.2 Å². The van der Waals surface area contributed by atoms with E-state index in [1.54, 1.807) is 0 Å². The van der Waals surface area contributed by atoms with Crippen LogP contribution in [0.2, 0.25) is 0 Å². The number of nitrogens with one attached hydrogen (secondary N) is 1. The lowest BCUT2D eigenvalue weighted by molar-refractivity contribution is -0.117. The highest BCUT2D eigenvalue weighted by Crippen LogP contribution is 2.53. The minimum Gasteiger partial charge on any atom is -0.326 e. The summed E-state index contributed by atoms with van der Waals surface area (Å²) in [4.78, 5) is 11.5. The lowest BCUT2D eigenvalue weighted by atomic mass is 10.3. The van der Waals surface area contributed by atoms with Crippen molar-refractivity contribution in [3.05, 3.63) is 30.1 Å². The molecule has 1 aliphatic rings. The summed E-state index contributed by atoms with van der Waals surface area (Å²) < 4.78 is 11.6. The first-order valence-corrected chi connectivity index (χ1v) is 5.19. The van der Waals surface area contributed by atoms with Gasteiger partial charge < -0.3 is 5.32 Å². The molecule has 1 fully saturated rings. The molecule has 1 atom stereocenters. The number of carbonyl (C=O) groups is 1. The summed E-state index contributed by atoms with van der Waals surface area (Å²) in [6.45, 7) is 0. The number of benzene rings is 1. The standard InChI is InChI=1S/C10H8Cl2FNO/c11-10(12)5-8(10)9(15)14-7-3-1-6(13)2-4-7/h1-4,8H,5H2,(H,14,15)/t8-/m0/s1. The second kappa shape index (κ2) is 3.65. The molecule has 1 aromatic rings. The molecule has 0 bridgehead atoms. The lowest BCUT2D eigenvalue weighted by Gasteiger charge is -2.04. The number of amides is 1. The molecule has 1 amide bonds. The number of hydrogen-bond acceptors (Lipinski definition) is 1. The predicted molar refractivity (Wildman–Crippen MR) is 57.6 cm³/mol. The van der Waals surface area contributed by atoms with Gasteiger partial charge in [0.15, 0.2) is 0 Å². The van der Waals surface area contributed by atoms with Gasteiger partial charge in [0.25, 0.3) is 0 Å². The van der Waals surface area contributed by atoms with E-state index in [1.165, 1.54) is 24.3 Å². The van der Waals surface area contributed by atoms with Crippen LogP contribution in [0.3, 0.4) is 0 Å². The summed E-state index contributed by atoms with van der Waals surface area (Å²) in [7, 11) is 0. The Balaban J connectivity index is 1.98. The van der Waals surface area contributed by atoms with Crippen molar-refractivity contribution in [1.82, 2.24) is 0 Å². The van der Waals surface area contributed by atoms with Gasteiger partial charge in [-0.3, -0.25) is 4.79 Å². The maximum absolute atomic E-state index is 12.6. The Morgan fingerprint density at radius 1 is 1.40 bits per heavy atom. The number of hydrogen-bond donors (Lipinski definition) is 1. The van der Waals surface area contributed by atoms with Crippen LogP contribution >= 0.6 is 23.2 Å². The van der Waals surface area contributed by atoms with E-state index >= 15 is 0 Å². The Hall–Kier alpha value is -0.800. The van der Waals surface area contributed by atoms with Crippen LogP contribution < -0.4 is 5.32 Å². The number of halogens is 3. The summed E-state index contributed by atoms with van der Waals surface area (Å²) in [5.74, 6) is -0.944. The smallest absolute Gasteiger partial charge is 0.230 e. The second-order valence-electron chi connectivity index (χ2n) is 3.51. The average molecular weight is 248 g/mol. The van der Waals surface area contributed by atoms with Gasteiger partial charge in [-0.05, 0) is 30.7 Å². The molecule has 80 valence electrons. The first kappa shape index (κ1) is 10.7. The van der Waals surface area contributed by atoms with Gasteiger partial charge in [-0.2, -0.15) is 0 Å². The summed E-state index contributed by atoms with van der Waals surface area (Å²) in [5, 5.41) is 2.61. The van der Waals surface area contributed by atoms with E-state index in [2.05, 4.69) is 5.32 Å². The molecule has 2 nitrogen and oxygen atoms in total. The normalized spacial score (nSPS) is 22.2. The Labute approximate surface area is 96.4 Å². The van der Waals surface area contributed by atoms with Crippen LogP contribution in [0.25, 0.3) is 0 Å².